The van der Waals surface area contributed by atoms with Gasteiger partial charge in [-0.2, -0.15) is 0 Å². The molecule has 1 aliphatic carbocycles. The van der Waals surface area contributed by atoms with Crippen LogP contribution in [0.15, 0.2) is 18.3 Å². The first-order valence-electron chi connectivity index (χ1n) is 7.82. The highest BCUT2D eigenvalue weighted by Gasteiger charge is 2.28. The fraction of sp³-hybridized carbons (Fsp3) is 0.647. The number of nitrogens with one attached hydrogen (secondary N) is 1. The molecule has 0 aromatic carbocycles. The van der Waals surface area contributed by atoms with E-state index in [9.17, 15) is 4.79 Å². The van der Waals surface area contributed by atoms with E-state index < -0.39 is 0 Å². The number of aryl methyl sites for hydroxylation is 1. The number of carbonyl (C=O) groups is 1. The van der Waals surface area contributed by atoms with Gasteiger partial charge in [0.05, 0.1) is 11.6 Å². The second-order valence-corrected chi connectivity index (χ2v) is 6.37. The second kappa shape index (κ2) is 6.87. The highest BCUT2D eigenvalue weighted by atomic mass is 16.1. The molecule has 1 N–H and O–H groups in total. The summed E-state index contributed by atoms with van der Waals surface area (Å²) >= 11 is 0. The van der Waals surface area contributed by atoms with E-state index >= 15 is 0 Å². The van der Waals surface area contributed by atoms with E-state index in [0.29, 0.717) is 5.92 Å². The quantitative estimate of drug-likeness (QED) is 0.893. The lowest BCUT2D eigenvalue weighted by Crippen LogP contribution is -2.37. The molecule has 20 heavy (non-hydrogen) atoms. The van der Waals surface area contributed by atoms with Crippen molar-refractivity contribution < 1.29 is 4.79 Å². The van der Waals surface area contributed by atoms with Crippen molar-refractivity contribution in [2.75, 3.05) is 0 Å². The van der Waals surface area contributed by atoms with Crippen LogP contribution in [0, 0.1) is 5.92 Å². The first-order valence-corrected chi connectivity index (χ1v) is 7.82. The highest BCUT2D eigenvalue weighted by molar-refractivity contribution is 5.84. The molecule has 1 amide bonds. The monoisotopic (exact) mass is 274 g/mol. The number of hydrogen-bond acceptors (Lipinski definition) is 2. The molecular weight excluding hydrogens is 248 g/mol. The predicted octanol–water partition coefficient (Wildman–Crippen LogP) is 3.44. The summed E-state index contributed by atoms with van der Waals surface area (Å²) in [7, 11) is 0. The lowest BCUT2D eigenvalue weighted by atomic mass is 9.86. The molecule has 2 atom stereocenters. The fourth-order valence-electron chi connectivity index (χ4n) is 2.86. The van der Waals surface area contributed by atoms with Crippen LogP contribution in [0.2, 0.25) is 0 Å². The van der Waals surface area contributed by atoms with Crippen molar-refractivity contribution in [2.45, 2.75) is 64.8 Å². The number of fused-ring (bicyclic) bond motifs is 1. The number of nitrogens with zero attached hydrogens (tertiary/aromatic N) is 1. The minimum Gasteiger partial charge on any atom is -0.353 e. The molecule has 0 bridgehead atoms. The SMILES string of the molecule is CC(C)CC[C@H](C)NC(=O)[C@@H]1CCCc2cccnc21. The maximum atomic E-state index is 12.5. The van der Waals surface area contributed by atoms with Gasteiger partial charge in [-0.25, -0.2) is 0 Å². The van der Waals surface area contributed by atoms with Gasteiger partial charge in [0.1, 0.15) is 0 Å². The molecule has 1 heterocycles. The van der Waals surface area contributed by atoms with E-state index in [2.05, 4.69) is 37.1 Å². The Hall–Kier alpha value is -1.38. The third-order valence-corrected chi connectivity index (χ3v) is 4.08. The van der Waals surface area contributed by atoms with E-state index in [0.717, 1.165) is 37.8 Å². The molecule has 0 aliphatic heterocycles. The van der Waals surface area contributed by atoms with Gasteiger partial charge in [-0.1, -0.05) is 19.9 Å². The summed E-state index contributed by atoms with van der Waals surface area (Å²) in [6.07, 6.45) is 7.05. The number of rotatable bonds is 5. The molecule has 110 valence electrons. The van der Waals surface area contributed by atoms with Gasteiger partial charge in [0.2, 0.25) is 5.91 Å². The van der Waals surface area contributed by atoms with E-state index in [4.69, 9.17) is 0 Å². The smallest absolute Gasteiger partial charge is 0.229 e. The third kappa shape index (κ3) is 3.81. The van der Waals surface area contributed by atoms with Crippen LogP contribution in [0.3, 0.4) is 0 Å². The van der Waals surface area contributed by atoms with Crippen molar-refractivity contribution in [1.29, 1.82) is 0 Å². The number of pyridine rings is 1. The summed E-state index contributed by atoms with van der Waals surface area (Å²) in [6, 6.07) is 4.31. The number of carbonyl (C=O) groups excluding carboxylic acids is 1. The minimum absolute atomic E-state index is 0.0542. The van der Waals surface area contributed by atoms with Crippen LogP contribution < -0.4 is 5.32 Å². The predicted molar refractivity (Wildman–Crippen MR) is 81.6 cm³/mol. The van der Waals surface area contributed by atoms with Crippen LogP contribution in [0.1, 0.15) is 63.6 Å². The van der Waals surface area contributed by atoms with Crippen LogP contribution in [0.25, 0.3) is 0 Å². The zero-order chi connectivity index (χ0) is 14.5. The molecule has 0 radical (unpaired) electrons. The van der Waals surface area contributed by atoms with Gasteiger partial charge in [0, 0.05) is 12.2 Å². The Morgan fingerprint density at radius 3 is 2.95 bits per heavy atom. The van der Waals surface area contributed by atoms with E-state index in [1.807, 2.05) is 6.07 Å². The number of aromatic nitrogens is 1. The molecule has 1 aliphatic rings. The Bertz CT molecular complexity index is 456. The normalized spacial score (nSPS) is 19.5. The van der Waals surface area contributed by atoms with E-state index in [1.54, 1.807) is 6.20 Å². The molecule has 1 aromatic rings. The molecule has 0 saturated heterocycles. The number of amides is 1. The van der Waals surface area contributed by atoms with Crippen molar-refractivity contribution in [2.24, 2.45) is 5.92 Å². The maximum absolute atomic E-state index is 12.5. The molecule has 0 unspecified atom stereocenters. The van der Waals surface area contributed by atoms with Gasteiger partial charge >= 0.3 is 0 Å². The summed E-state index contributed by atoms with van der Waals surface area (Å²) in [5.41, 5.74) is 2.24. The van der Waals surface area contributed by atoms with Gasteiger partial charge in [-0.15, -0.1) is 0 Å². The molecule has 0 spiro atoms. The van der Waals surface area contributed by atoms with Gasteiger partial charge in [-0.3, -0.25) is 9.78 Å². The van der Waals surface area contributed by atoms with Gasteiger partial charge < -0.3 is 5.32 Å². The molecule has 2 rings (SSSR count). The third-order valence-electron chi connectivity index (χ3n) is 4.08. The van der Waals surface area contributed by atoms with Gasteiger partial charge in [0.25, 0.3) is 0 Å². The molecule has 0 fully saturated rings. The first-order chi connectivity index (χ1) is 9.58. The van der Waals surface area contributed by atoms with Crippen molar-refractivity contribution >= 4 is 5.91 Å². The van der Waals surface area contributed by atoms with Gasteiger partial charge in [-0.05, 0) is 56.6 Å². The van der Waals surface area contributed by atoms with E-state index in [-0.39, 0.29) is 17.9 Å². The van der Waals surface area contributed by atoms with Crippen LogP contribution in [-0.4, -0.2) is 16.9 Å². The fourth-order valence-corrected chi connectivity index (χ4v) is 2.86. The molecule has 3 heteroatoms. The average molecular weight is 274 g/mol. The van der Waals surface area contributed by atoms with Crippen molar-refractivity contribution in [3.63, 3.8) is 0 Å². The Morgan fingerprint density at radius 1 is 1.40 bits per heavy atom. The first kappa shape index (κ1) is 15.0. The topological polar surface area (TPSA) is 42.0 Å². The summed E-state index contributed by atoms with van der Waals surface area (Å²) in [5, 5.41) is 3.17. The van der Waals surface area contributed by atoms with Gasteiger partial charge in [0.15, 0.2) is 0 Å². The zero-order valence-corrected chi connectivity index (χ0v) is 12.9. The minimum atomic E-state index is -0.0542. The Kier molecular flexibility index (Phi) is 5.16. The van der Waals surface area contributed by atoms with Crippen LogP contribution in [-0.2, 0) is 11.2 Å². The Balaban J connectivity index is 1.97. The largest absolute Gasteiger partial charge is 0.353 e. The summed E-state index contributed by atoms with van der Waals surface area (Å²) in [6.45, 7) is 6.54. The van der Waals surface area contributed by atoms with Crippen molar-refractivity contribution in [3.8, 4) is 0 Å². The molecular formula is C17H26N2O. The van der Waals surface area contributed by atoms with Crippen LogP contribution in [0.5, 0.6) is 0 Å². The van der Waals surface area contributed by atoms with Crippen LogP contribution in [0.4, 0.5) is 0 Å². The lowest BCUT2D eigenvalue weighted by Gasteiger charge is -2.25. The van der Waals surface area contributed by atoms with Crippen LogP contribution >= 0.6 is 0 Å². The summed E-state index contributed by atoms with van der Waals surface area (Å²) in [5.74, 6) is 0.786. The average Bonchev–Trinajstić information content (AvgIpc) is 2.44. The maximum Gasteiger partial charge on any atom is 0.229 e. The standard InChI is InChI=1S/C17H26N2O/c1-12(2)9-10-13(3)19-17(20)15-8-4-6-14-7-5-11-18-16(14)15/h5,7,11-13,15H,4,6,8-10H2,1-3H3,(H,19,20)/t13-,15+/m0/s1. The Labute approximate surface area is 122 Å². The zero-order valence-electron chi connectivity index (χ0n) is 12.9. The van der Waals surface area contributed by atoms with E-state index in [1.165, 1.54) is 5.56 Å². The summed E-state index contributed by atoms with van der Waals surface area (Å²) in [4.78, 5) is 16.9. The lowest BCUT2D eigenvalue weighted by molar-refractivity contribution is -0.123. The van der Waals surface area contributed by atoms with Crippen molar-refractivity contribution in [3.05, 3.63) is 29.6 Å². The molecule has 0 saturated carbocycles. The highest BCUT2D eigenvalue weighted by Crippen LogP contribution is 2.30. The Morgan fingerprint density at radius 2 is 2.20 bits per heavy atom. The second-order valence-electron chi connectivity index (χ2n) is 6.37. The summed E-state index contributed by atoms with van der Waals surface area (Å²) < 4.78 is 0. The molecule has 1 aromatic heterocycles. The molecule has 3 nitrogen and oxygen atoms in total. The van der Waals surface area contributed by atoms with Crippen molar-refractivity contribution in [1.82, 2.24) is 10.3 Å². The number of hydrogen-bond donors (Lipinski definition) is 1.